The van der Waals surface area contributed by atoms with E-state index in [1.165, 1.54) is 0 Å². The highest BCUT2D eigenvalue weighted by Gasteiger charge is 2.33. The van der Waals surface area contributed by atoms with Gasteiger partial charge in [0.05, 0.1) is 33.0 Å². The Hall–Kier alpha value is -0.980. The molecule has 20 heavy (non-hydrogen) atoms. The molecule has 1 fully saturated rings. The lowest BCUT2D eigenvalue weighted by Gasteiger charge is -2.16. The number of benzene rings is 1. The lowest BCUT2D eigenvalue weighted by molar-refractivity contribution is -0.124. The molecule has 1 saturated heterocycles. The molecular formula is C15H22O5. The summed E-state index contributed by atoms with van der Waals surface area (Å²) < 4.78 is 26.7. The van der Waals surface area contributed by atoms with Crippen LogP contribution in [-0.4, -0.2) is 52.5 Å². The van der Waals surface area contributed by atoms with Gasteiger partial charge in [0.15, 0.2) is 0 Å². The van der Waals surface area contributed by atoms with Gasteiger partial charge in [-0.15, -0.1) is 0 Å². The molecule has 112 valence electrons. The van der Waals surface area contributed by atoms with Crippen LogP contribution < -0.4 is 0 Å². The average molecular weight is 282 g/mol. The van der Waals surface area contributed by atoms with Crippen LogP contribution in [0.4, 0.5) is 0 Å². The van der Waals surface area contributed by atoms with Gasteiger partial charge in [-0.3, -0.25) is 0 Å². The molecule has 0 amide bonds. The van der Waals surface area contributed by atoms with Crippen LogP contribution in [-0.2, 0) is 30.3 Å². The summed E-state index contributed by atoms with van der Waals surface area (Å²) in [6.07, 6.45) is 0.0676. The van der Waals surface area contributed by atoms with Crippen molar-refractivity contribution < 1.29 is 23.7 Å². The Bertz CT molecular complexity index is 353. The Morgan fingerprint density at radius 3 is 2.70 bits per heavy atom. The summed E-state index contributed by atoms with van der Waals surface area (Å²) in [6.45, 7) is 3.16. The Morgan fingerprint density at radius 1 is 1.20 bits per heavy atom. The van der Waals surface area contributed by atoms with Gasteiger partial charge in [-0.25, -0.2) is 0 Å². The molecule has 1 aromatic rings. The summed E-state index contributed by atoms with van der Waals surface area (Å²) in [4.78, 5) is 0. The summed E-state index contributed by atoms with van der Waals surface area (Å²) >= 11 is 0. The average Bonchev–Trinajstić information content (AvgIpc) is 3.31. The summed E-state index contributed by atoms with van der Waals surface area (Å²) in [7, 11) is 1.64. The van der Waals surface area contributed by atoms with Gasteiger partial charge in [-0.2, -0.15) is 0 Å². The third-order valence-corrected chi connectivity index (χ3v) is 2.96. The highest BCUT2D eigenvalue weighted by atomic mass is 16.7. The summed E-state index contributed by atoms with van der Waals surface area (Å²) in [5.41, 5.74) is 1.15. The summed E-state index contributed by atoms with van der Waals surface area (Å²) in [6, 6.07) is 10.1. The van der Waals surface area contributed by atoms with Crippen LogP contribution in [0.1, 0.15) is 5.56 Å². The van der Waals surface area contributed by atoms with Crippen LogP contribution in [0.3, 0.4) is 0 Å². The van der Waals surface area contributed by atoms with Gasteiger partial charge in [0.25, 0.3) is 0 Å². The molecule has 0 aromatic heterocycles. The first-order valence-corrected chi connectivity index (χ1v) is 6.81. The Labute approximate surface area is 119 Å². The van der Waals surface area contributed by atoms with Crippen molar-refractivity contribution in [2.24, 2.45) is 0 Å². The third-order valence-electron chi connectivity index (χ3n) is 2.96. The van der Waals surface area contributed by atoms with Gasteiger partial charge >= 0.3 is 0 Å². The van der Waals surface area contributed by atoms with E-state index < -0.39 is 0 Å². The zero-order chi connectivity index (χ0) is 14.0. The molecule has 0 radical (unpaired) electrons. The van der Waals surface area contributed by atoms with E-state index in [0.717, 1.165) is 12.2 Å². The maximum Gasteiger partial charge on any atom is 0.147 e. The summed E-state index contributed by atoms with van der Waals surface area (Å²) in [5.74, 6) is 0. The van der Waals surface area contributed by atoms with Crippen molar-refractivity contribution in [1.82, 2.24) is 0 Å². The number of hydrogen-bond acceptors (Lipinski definition) is 5. The second kappa shape index (κ2) is 9.05. The standard InChI is InChI=1S/C15H22O5/c1-16-7-8-17-12-20-14(15-11-19-15)10-18-9-13-5-3-2-4-6-13/h2-6,14-15H,7-12H2,1H3/t14-,15+/m0/s1. The van der Waals surface area contributed by atoms with Gasteiger partial charge in [0.1, 0.15) is 19.0 Å². The molecule has 0 aliphatic carbocycles. The lowest BCUT2D eigenvalue weighted by Crippen LogP contribution is -2.27. The molecule has 1 heterocycles. The van der Waals surface area contributed by atoms with Crippen molar-refractivity contribution in [2.75, 3.05) is 40.3 Å². The highest BCUT2D eigenvalue weighted by Crippen LogP contribution is 2.18. The molecule has 0 spiro atoms. The number of rotatable bonds is 11. The van der Waals surface area contributed by atoms with E-state index in [-0.39, 0.29) is 19.0 Å². The minimum Gasteiger partial charge on any atom is -0.382 e. The highest BCUT2D eigenvalue weighted by molar-refractivity contribution is 5.13. The van der Waals surface area contributed by atoms with Crippen LogP contribution in [0.2, 0.25) is 0 Å². The zero-order valence-corrected chi connectivity index (χ0v) is 11.8. The largest absolute Gasteiger partial charge is 0.382 e. The monoisotopic (exact) mass is 282 g/mol. The van der Waals surface area contributed by atoms with E-state index in [1.807, 2.05) is 30.3 Å². The lowest BCUT2D eigenvalue weighted by atomic mass is 10.2. The molecule has 1 aliphatic rings. The van der Waals surface area contributed by atoms with Crippen molar-refractivity contribution in [1.29, 1.82) is 0 Å². The number of ether oxygens (including phenoxy) is 5. The van der Waals surface area contributed by atoms with Gasteiger partial charge in [-0.05, 0) is 5.56 Å². The van der Waals surface area contributed by atoms with E-state index >= 15 is 0 Å². The smallest absolute Gasteiger partial charge is 0.147 e. The molecule has 0 bridgehead atoms. The number of methoxy groups -OCH3 is 1. The van der Waals surface area contributed by atoms with E-state index in [2.05, 4.69) is 0 Å². The number of epoxide rings is 1. The van der Waals surface area contributed by atoms with Gasteiger partial charge in [0, 0.05) is 7.11 Å². The summed E-state index contributed by atoms with van der Waals surface area (Å²) in [5, 5.41) is 0. The van der Waals surface area contributed by atoms with Crippen LogP contribution in [0, 0.1) is 0 Å². The van der Waals surface area contributed by atoms with Crippen LogP contribution >= 0.6 is 0 Å². The SMILES string of the molecule is COCCOCO[C@@H](COCc1ccccc1)[C@H]1CO1. The fraction of sp³-hybridized carbons (Fsp3) is 0.600. The minimum absolute atomic E-state index is 0.0683. The Kier molecular flexibility index (Phi) is 6.97. The molecule has 1 aliphatic heterocycles. The molecule has 0 saturated carbocycles. The fourth-order valence-electron chi connectivity index (χ4n) is 1.74. The first-order valence-electron chi connectivity index (χ1n) is 6.81. The predicted molar refractivity (Wildman–Crippen MR) is 73.4 cm³/mol. The van der Waals surface area contributed by atoms with Crippen LogP contribution in [0.15, 0.2) is 30.3 Å². The van der Waals surface area contributed by atoms with Crippen molar-refractivity contribution in [2.45, 2.75) is 18.8 Å². The molecular weight excluding hydrogens is 260 g/mol. The second-order valence-corrected chi connectivity index (χ2v) is 4.60. The Morgan fingerprint density at radius 2 is 2.00 bits per heavy atom. The predicted octanol–water partition coefficient (Wildman–Crippen LogP) is 1.61. The molecule has 0 N–H and O–H groups in total. The van der Waals surface area contributed by atoms with E-state index in [4.69, 9.17) is 23.7 Å². The molecule has 5 nitrogen and oxygen atoms in total. The van der Waals surface area contributed by atoms with Crippen LogP contribution in [0.5, 0.6) is 0 Å². The van der Waals surface area contributed by atoms with Crippen molar-refractivity contribution in [3.63, 3.8) is 0 Å². The molecule has 1 aromatic carbocycles. The van der Waals surface area contributed by atoms with Crippen LogP contribution in [0.25, 0.3) is 0 Å². The van der Waals surface area contributed by atoms with Crippen molar-refractivity contribution in [3.8, 4) is 0 Å². The minimum atomic E-state index is -0.0683. The van der Waals surface area contributed by atoms with Gasteiger partial charge in [0.2, 0.25) is 0 Å². The van der Waals surface area contributed by atoms with Crippen molar-refractivity contribution >= 4 is 0 Å². The van der Waals surface area contributed by atoms with Gasteiger partial charge in [-0.1, -0.05) is 30.3 Å². The molecule has 5 heteroatoms. The van der Waals surface area contributed by atoms with E-state index in [0.29, 0.717) is 26.4 Å². The molecule has 2 atom stereocenters. The first-order chi connectivity index (χ1) is 9.90. The second-order valence-electron chi connectivity index (χ2n) is 4.60. The number of hydrogen-bond donors (Lipinski definition) is 0. The molecule has 2 rings (SSSR count). The zero-order valence-electron chi connectivity index (χ0n) is 11.8. The maximum absolute atomic E-state index is 5.68. The first kappa shape index (κ1) is 15.4. The maximum atomic E-state index is 5.68. The van der Waals surface area contributed by atoms with E-state index in [9.17, 15) is 0 Å². The molecule has 0 unspecified atom stereocenters. The third kappa shape index (κ3) is 5.98. The Balaban J connectivity index is 1.60. The quantitative estimate of drug-likeness (QED) is 0.350. The van der Waals surface area contributed by atoms with E-state index in [1.54, 1.807) is 7.11 Å². The fourth-order valence-corrected chi connectivity index (χ4v) is 1.74. The van der Waals surface area contributed by atoms with Gasteiger partial charge < -0.3 is 23.7 Å². The topological polar surface area (TPSA) is 49.5 Å². The van der Waals surface area contributed by atoms with Crippen molar-refractivity contribution in [3.05, 3.63) is 35.9 Å². The normalized spacial score (nSPS) is 18.9.